The molecule has 0 radical (unpaired) electrons. The van der Waals surface area contributed by atoms with Gasteiger partial charge in [0.15, 0.2) is 6.10 Å². The topological polar surface area (TPSA) is 78.9 Å². The lowest BCUT2D eigenvalue weighted by Gasteiger charge is -2.18. The first-order valence-electron chi connectivity index (χ1n) is 31.1. The van der Waals surface area contributed by atoms with Gasteiger partial charge in [0.1, 0.15) is 13.2 Å². The Hall–Kier alpha value is -3.41. The fourth-order valence-electron chi connectivity index (χ4n) is 8.69. The predicted molar refractivity (Wildman–Crippen MR) is 316 cm³/mol. The molecule has 0 saturated heterocycles. The summed E-state index contributed by atoms with van der Waals surface area (Å²) in [6, 6.07) is 0. The van der Waals surface area contributed by atoms with E-state index in [0.717, 1.165) is 103 Å². The van der Waals surface area contributed by atoms with Gasteiger partial charge in [0, 0.05) is 19.3 Å². The van der Waals surface area contributed by atoms with Crippen LogP contribution < -0.4 is 0 Å². The van der Waals surface area contributed by atoms with E-state index in [-0.39, 0.29) is 31.1 Å². The number of carbonyl (C=O) groups is 3. The van der Waals surface area contributed by atoms with Crippen molar-refractivity contribution < 1.29 is 28.6 Å². The van der Waals surface area contributed by atoms with Crippen LogP contribution in [0.3, 0.4) is 0 Å². The quantitative estimate of drug-likeness (QED) is 0.0261. The molecule has 0 heterocycles. The Morgan fingerprint density at radius 2 is 0.534 bits per heavy atom. The Labute approximate surface area is 452 Å². The van der Waals surface area contributed by atoms with E-state index in [4.69, 9.17) is 14.2 Å². The molecule has 0 aromatic heterocycles. The first-order valence-corrected chi connectivity index (χ1v) is 31.1. The van der Waals surface area contributed by atoms with Crippen LogP contribution in [0, 0.1) is 0 Å². The molecule has 420 valence electrons. The molecule has 0 bridgehead atoms. The average Bonchev–Trinajstić information content (AvgIpc) is 3.39. The summed E-state index contributed by atoms with van der Waals surface area (Å²) < 4.78 is 16.9. The molecular formula is C67H116O6. The van der Waals surface area contributed by atoms with E-state index in [9.17, 15) is 14.4 Å². The highest BCUT2D eigenvalue weighted by Crippen LogP contribution is 2.15. The van der Waals surface area contributed by atoms with Gasteiger partial charge >= 0.3 is 17.9 Å². The maximum atomic E-state index is 12.9. The van der Waals surface area contributed by atoms with Crippen molar-refractivity contribution in [3.8, 4) is 0 Å². The van der Waals surface area contributed by atoms with Gasteiger partial charge in [-0.25, -0.2) is 0 Å². The largest absolute Gasteiger partial charge is 0.462 e. The van der Waals surface area contributed by atoms with Crippen LogP contribution in [-0.4, -0.2) is 37.2 Å². The number of hydrogen-bond donors (Lipinski definition) is 0. The molecular weight excluding hydrogens is 901 g/mol. The lowest BCUT2D eigenvalue weighted by atomic mass is 10.1. The minimum atomic E-state index is -0.788. The van der Waals surface area contributed by atoms with Crippen LogP contribution in [0.2, 0.25) is 0 Å². The van der Waals surface area contributed by atoms with Gasteiger partial charge in [0.05, 0.1) is 0 Å². The summed E-state index contributed by atoms with van der Waals surface area (Å²) in [4.78, 5) is 38.3. The average molecular weight is 1020 g/mol. The van der Waals surface area contributed by atoms with Crippen LogP contribution in [0.4, 0.5) is 0 Å². The van der Waals surface area contributed by atoms with Crippen molar-refractivity contribution in [1.29, 1.82) is 0 Å². The summed E-state index contributed by atoms with van der Waals surface area (Å²) >= 11 is 0. The maximum absolute atomic E-state index is 12.9. The van der Waals surface area contributed by atoms with Crippen molar-refractivity contribution in [2.24, 2.45) is 0 Å². The molecule has 0 aromatic rings. The van der Waals surface area contributed by atoms with Gasteiger partial charge in [-0.2, -0.15) is 0 Å². The highest BCUT2D eigenvalue weighted by Gasteiger charge is 2.19. The molecule has 0 spiro atoms. The fourth-order valence-corrected chi connectivity index (χ4v) is 8.69. The van der Waals surface area contributed by atoms with Crippen LogP contribution in [-0.2, 0) is 28.6 Å². The van der Waals surface area contributed by atoms with Gasteiger partial charge in [0.2, 0.25) is 0 Å². The number of carbonyl (C=O) groups excluding carboxylic acids is 3. The zero-order chi connectivity index (χ0) is 52.9. The number of hydrogen-bond acceptors (Lipinski definition) is 6. The molecule has 1 atom stereocenters. The zero-order valence-electron chi connectivity index (χ0n) is 48.1. The normalized spacial score (nSPS) is 12.6. The third-order valence-corrected chi connectivity index (χ3v) is 13.4. The molecule has 6 nitrogen and oxygen atoms in total. The van der Waals surface area contributed by atoms with Crippen LogP contribution >= 0.6 is 0 Å². The monoisotopic (exact) mass is 1020 g/mol. The lowest BCUT2D eigenvalue weighted by Crippen LogP contribution is -2.30. The van der Waals surface area contributed by atoms with E-state index >= 15 is 0 Å². The minimum absolute atomic E-state index is 0.0851. The van der Waals surface area contributed by atoms with Crippen LogP contribution in [0.1, 0.15) is 303 Å². The number of esters is 3. The smallest absolute Gasteiger partial charge is 0.306 e. The molecule has 0 fully saturated rings. The van der Waals surface area contributed by atoms with Gasteiger partial charge in [-0.3, -0.25) is 14.4 Å². The van der Waals surface area contributed by atoms with E-state index in [1.165, 1.54) is 161 Å². The third-order valence-electron chi connectivity index (χ3n) is 13.4. The summed E-state index contributed by atoms with van der Waals surface area (Å²) in [5.74, 6) is -0.898. The predicted octanol–water partition coefficient (Wildman–Crippen LogP) is 21.1. The summed E-state index contributed by atoms with van der Waals surface area (Å²) in [5, 5.41) is 0. The Bertz CT molecular complexity index is 1400. The van der Waals surface area contributed by atoms with E-state index < -0.39 is 6.10 Å². The number of allylic oxidation sites excluding steroid dienone is 14. The Balaban J connectivity index is 4.38. The number of rotatable bonds is 56. The van der Waals surface area contributed by atoms with Crippen LogP contribution in [0.15, 0.2) is 85.1 Å². The molecule has 0 aliphatic heterocycles. The SMILES string of the molecule is CC/C=C\C/C=C\C/C=C\C/C=C\C/C=C\CCCCCCCCCC(=O)OCC(COC(=O)CCCCCCC/C=C\CCCCCCC)OC(=O)CCCCCCCCC/C=C\CCCCCCCCC. The summed E-state index contributed by atoms with van der Waals surface area (Å²) in [6.45, 7) is 6.52. The Kier molecular flexibility index (Phi) is 58.3. The molecule has 0 N–H and O–H groups in total. The molecule has 0 aromatic carbocycles. The van der Waals surface area contributed by atoms with Crippen molar-refractivity contribution in [1.82, 2.24) is 0 Å². The van der Waals surface area contributed by atoms with Gasteiger partial charge < -0.3 is 14.2 Å². The highest BCUT2D eigenvalue weighted by molar-refractivity contribution is 5.71. The van der Waals surface area contributed by atoms with E-state index in [0.29, 0.717) is 19.3 Å². The van der Waals surface area contributed by atoms with Crippen LogP contribution in [0.5, 0.6) is 0 Å². The lowest BCUT2D eigenvalue weighted by molar-refractivity contribution is -0.167. The Morgan fingerprint density at radius 3 is 0.849 bits per heavy atom. The van der Waals surface area contributed by atoms with Gasteiger partial charge in [-0.1, -0.05) is 254 Å². The summed E-state index contributed by atoms with van der Waals surface area (Å²) in [6.07, 6.45) is 80.0. The zero-order valence-corrected chi connectivity index (χ0v) is 48.1. The van der Waals surface area contributed by atoms with Crippen molar-refractivity contribution in [2.45, 2.75) is 309 Å². The van der Waals surface area contributed by atoms with E-state index in [2.05, 4.69) is 106 Å². The van der Waals surface area contributed by atoms with Crippen molar-refractivity contribution in [3.05, 3.63) is 85.1 Å². The second kappa shape index (κ2) is 61.1. The van der Waals surface area contributed by atoms with Crippen molar-refractivity contribution in [3.63, 3.8) is 0 Å². The van der Waals surface area contributed by atoms with Gasteiger partial charge in [-0.05, 0) is 116 Å². The fraction of sp³-hybridized carbons (Fsp3) is 0.746. The summed E-state index contributed by atoms with van der Waals surface area (Å²) in [5.41, 5.74) is 0. The molecule has 0 amide bonds. The molecule has 0 aliphatic carbocycles. The maximum Gasteiger partial charge on any atom is 0.306 e. The molecule has 0 saturated carbocycles. The third kappa shape index (κ3) is 59.3. The molecule has 6 heteroatoms. The minimum Gasteiger partial charge on any atom is -0.462 e. The molecule has 1 unspecified atom stereocenters. The Morgan fingerprint density at radius 1 is 0.288 bits per heavy atom. The van der Waals surface area contributed by atoms with E-state index in [1.54, 1.807) is 0 Å². The molecule has 73 heavy (non-hydrogen) atoms. The second-order valence-corrected chi connectivity index (χ2v) is 20.6. The number of ether oxygens (including phenoxy) is 3. The van der Waals surface area contributed by atoms with Crippen molar-refractivity contribution >= 4 is 17.9 Å². The highest BCUT2D eigenvalue weighted by atomic mass is 16.6. The van der Waals surface area contributed by atoms with E-state index in [1.807, 2.05) is 0 Å². The van der Waals surface area contributed by atoms with Crippen LogP contribution in [0.25, 0.3) is 0 Å². The summed E-state index contributed by atoms with van der Waals surface area (Å²) in [7, 11) is 0. The number of unbranched alkanes of at least 4 members (excludes halogenated alkanes) is 31. The first kappa shape index (κ1) is 69.6. The molecule has 0 rings (SSSR count). The van der Waals surface area contributed by atoms with Gasteiger partial charge in [-0.15, -0.1) is 0 Å². The van der Waals surface area contributed by atoms with Gasteiger partial charge in [0.25, 0.3) is 0 Å². The second-order valence-electron chi connectivity index (χ2n) is 20.6. The van der Waals surface area contributed by atoms with Crippen molar-refractivity contribution in [2.75, 3.05) is 13.2 Å². The molecule has 0 aliphatic rings. The standard InChI is InChI=1S/C67H116O6/c1-4-7-10-13-16-19-22-25-28-30-32-33-34-35-36-38-39-42-45-48-51-54-57-60-66(69)72-63-64(62-71-65(68)59-56-53-50-47-44-41-27-24-21-18-15-12-9-6-3)73-67(70)61-58-55-52-49-46-43-40-37-31-29-26-23-20-17-14-11-8-5-2/h7,10,16,19,24-25,27-29,31-33,35-36,64H,4-6,8-9,11-15,17-18,20-23,26,30,34,37-63H2,1-3H3/b10-7-,19-16-,27-24-,28-25-,31-29-,33-32-,36-35-. The first-order chi connectivity index (χ1) is 36.0.